The van der Waals surface area contributed by atoms with E-state index in [4.69, 9.17) is 5.26 Å². The number of aromatic nitrogens is 2. The van der Waals surface area contributed by atoms with Crippen molar-refractivity contribution in [2.45, 2.75) is 11.4 Å². The van der Waals surface area contributed by atoms with E-state index in [0.29, 0.717) is 6.42 Å². The molecule has 2 aromatic heterocycles. The number of thioether (sulfide) groups is 1. The normalized spacial score (nSPS) is 10.4. The van der Waals surface area contributed by atoms with Crippen molar-refractivity contribution in [1.82, 2.24) is 9.97 Å². The van der Waals surface area contributed by atoms with Crippen LogP contribution in [-0.2, 0) is 11.2 Å². The van der Waals surface area contributed by atoms with Gasteiger partial charge in [-0.1, -0.05) is 23.9 Å². The molecule has 0 atom stereocenters. The Balaban J connectivity index is 1.59. The van der Waals surface area contributed by atoms with Gasteiger partial charge in [-0.05, 0) is 29.1 Å². The first kappa shape index (κ1) is 15.5. The highest BCUT2D eigenvalue weighted by atomic mass is 32.2. The summed E-state index contributed by atoms with van der Waals surface area (Å²) in [6.45, 7) is 0. The van der Waals surface area contributed by atoms with Crippen LogP contribution in [0.2, 0.25) is 0 Å². The minimum atomic E-state index is -0.0926. The Hall–Kier alpha value is -2.43. The molecule has 0 aliphatic heterocycles. The first-order valence-corrected chi connectivity index (χ1v) is 8.69. The van der Waals surface area contributed by atoms with Gasteiger partial charge in [0.15, 0.2) is 0 Å². The second-order valence-electron chi connectivity index (χ2n) is 4.69. The number of nitrogens with one attached hydrogen (secondary N) is 1. The van der Waals surface area contributed by atoms with Crippen LogP contribution in [-0.4, -0.2) is 21.6 Å². The van der Waals surface area contributed by atoms with Gasteiger partial charge in [-0.3, -0.25) is 4.79 Å². The molecule has 2 heterocycles. The lowest BCUT2D eigenvalue weighted by atomic mass is 10.1. The van der Waals surface area contributed by atoms with Gasteiger partial charge < -0.3 is 5.32 Å². The summed E-state index contributed by atoms with van der Waals surface area (Å²) in [5, 5.41) is 15.2. The highest BCUT2D eigenvalue weighted by molar-refractivity contribution is 8.00. The molecule has 5 nitrogen and oxygen atoms in total. The molecule has 0 fully saturated rings. The molecule has 1 amide bonds. The SMILES string of the molecule is N#CCc1ccc(NC(=O)CSc2ncnc3sccc23)cc1. The molecule has 0 spiro atoms. The number of fused-ring (bicyclic) bond motifs is 1. The van der Waals surface area contributed by atoms with Gasteiger partial charge >= 0.3 is 0 Å². The lowest BCUT2D eigenvalue weighted by Gasteiger charge is -2.06. The summed E-state index contributed by atoms with van der Waals surface area (Å²) < 4.78 is 0. The fourth-order valence-electron chi connectivity index (χ4n) is 2.01. The Labute approximate surface area is 141 Å². The third kappa shape index (κ3) is 3.86. The standard InChI is InChI=1S/C16H12N4OS2/c17-7-5-11-1-3-12(4-2-11)20-14(21)9-23-16-13-6-8-22-15(13)18-10-19-16/h1-4,6,8,10H,5,9H2,(H,20,21). The maximum Gasteiger partial charge on any atom is 0.234 e. The molecule has 1 N–H and O–H groups in total. The monoisotopic (exact) mass is 340 g/mol. The first-order valence-electron chi connectivity index (χ1n) is 6.83. The molecule has 0 unspecified atom stereocenters. The average Bonchev–Trinajstić information content (AvgIpc) is 3.04. The number of carbonyl (C=O) groups is 1. The van der Waals surface area contributed by atoms with E-state index in [2.05, 4.69) is 21.4 Å². The van der Waals surface area contributed by atoms with Crippen molar-refractivity contribution in [3.05, 3.63) is 47.6 Å². The predicted octanol–water partition coefficient (Wildman–Crippen LogP) is 3.49. The van der Waals surface area contributed by atoms with Crippen LogP contribution in [0.15, 0.2) is 47.1 Å². The molecule has 0 saturated carbocycles. The molecule has 0 aliphatic rings. The summed E-state index contributed by atoms with van der Waals surface area (Å²) in [6.07, 6.45) is 1.89. The summed E-state index contributed by atoms with van der Waals surface area (Å²) in [7, 11) is 0. The van der Waals surface area contributed by atoms with Crippen molar-refractivity contribution >= 4 is 44.9 Å². The van der Waals surface area contributed by atoms with Gasteiger partial charge in [-0.15, -0.1) is 11.3 Å². The molecule has 7 heteroatoms. The Bertz CT molecular complexity index is 868. The van der Waals surface area contributed by atoms with E-state index < -0.39 is 0 Å². The summed E-state index contributed by atoms with van der Waals surface area (Å²) in [6, 6.07) is 11.3. The number of thiophene rings is 1. The van der Waals surface area contributed by atoms with Crippen molar-refractivity contribution in [2.24, 2.45) is 0 Å². The third-order valence-electron chi connectivity index (χ3n) is 3.09. The number of benzene rings is 1. The molecule has 0 aliphatic carbocycles. The topological polar surface area (TPSA) is 78.7 Å². The number of hydrogen-bond donors (Lipinski definition) is 1. The van der Waals surface area contributed by atoms with Gasteiger partial charge in [0.05, 0.1) is 18.2 Å². The third-order valence-corrected chi connectivity index (χ3v) is 4.91. The molecule has 3 rings (SSSR count). The Morgan fingerprint density at radius 2 is 2.09 bits per heavy atom. The smallest absolute Gasteiger partial charge is 0.234 e. The second kappa shape index (κ2) is 7.22. The number of rotatable bonds is 5. The lowest BCUT2D eigenvalue weighted by molar-refractivity contribution is -0.113. The highest BCUT2D eigenvalue weighted by Crippen LogP contribution is 2.27. The van der Waals surface area contributed by atoms with E-state index in [-0.39, 0.29) is 11.7 Å². The van der Waals surface area contributed by atoms with E-state index in [1.165, 1.54) is 18.1 Å². The van der Waals surface area contributed by atoms with Gasteiger partial charge in [-0.25, -0.2) is 9.97 Å². The van der Waals surface area contributed by atoms with Crippen molar-refractivity contribution < 1.29 is 4.79 Å². The fraction of sp³-hybridized carbons (Fsp3) is 0.125. The Morgan fingerprint density at radius 1 is 1.26 bits per heavy atom. The number of anilines is 1. The largest absolute Gasteiger partial charge is 0.325 e. The van der Waals surface area contributed by atoms with Crippen molar-refractivity contribution in [3.63, 3.8) is 0 Å². The molecule has 0 bridgehead atoms. The van der Waals surface area contributed by atoms with E-state index in [1.54, 1.807) is 23.5 Å². The Kier molecular flexibility index (Phi) is 4.86. The van der Waals surface area contributed by atoms with Crippen LogP contribution in [0.3, 0.4) is 0 Å². The molecule has 1 aromatic carbocycles. The van der Waals surface area contributed by atoms with Crippen molar-refractivity contribution in [1.29, 1.82) is 5.26 Å². The summed E-state index contributed by atoms with van der Waals surface area (Å²) >= 11 is 2.95. The maximum atomic E-state index is 12.0. The second-order valence-corrected chi connectivity index (χ2v) is 6.55. The molecular formula is C16H12N4OS2. The van der Waals surface area contributed by atoms with Gasteiger partial charge in [0.25, 0.3) is 0 Å². The summed E-state index contributed by atoms with van der Waals surface area (Å²) in [5.41, 5.74) is 1.65. The molecular weight excluding hydrogens is 328 g/mol. The summed E-state index contributed by atoms with van der Waals surface area (Å²) in [4.78, 5) is 21.4. The maximum absolute atomic E-state index is 12.0. The lowest BCUT2D eigenvalue weighted by Crippen LogP contribution is -2.14. The average molecular weight is 340 g/mol. The highest BCUT2D eigenvalue weighted by Gasteiger charge is 2.09. The van der Waals surface area contributed by atoms with Crippen LogP contribution in [0.25, 0.3) is 10.2 Å². The number of carbonyl (C=O) groups excluding carboxylic acids is 1. The molecule has 3 aromatic rings. The zero-order chi connectivity index (χ0) is 16.1. The Morgan fingerprint density at radius 3 is 2.87 bits per heavy atom. The van der Waals surface area contributed by atoms with Gasteiger partial charge in [0.2, 0.25) is 5.91 Å². The van der Waals surface area contributed by atoms with Crippen LogP contribution >= 0.6 is 23.1 Å². The molecule has 0 saturated heterocycles. The minimum absolute atomic E-state index is 0.0926. The van der Waals surface area contributed by atoms with Crippen LogP contribution < -0.4 is 5.32 Å². The number of nitriles is 1. The van der Waals surface area contributed by atoms with E-state index in [1.807, 2.05) is 23.6 Å². The van der Waals surface area contributed by atoms with Crippen LogP contribution in [0, 0.1) is 11.3 Å². The number of amides is 1. The van der Waals surface area contributed by atoms with Gasteiger partial charge in [-0.2, -0.15) is 5.26 Å². The molecule has 0 radical (unpaired) electrons. The van der Waals surface area contributed by atoms with Gasteiger partial charge in [0.1, 0.15) is 16.2 Å². The number of hydrogen-bond acceptors (Lipinski definition) is 6. The predicted molar refractivity (Wildman–Crippen MR) is 92.5 cm³/mol. The minimum Gasteiger partial charge on any atom is -0.325 e. The van der Waals surface area contributed by atoms with Crippen LogP contribution in [0.5, 0.6) is 0 Å². The van der Waals surface area contributed by atoms with E-state index in [9.17, 15) is 4.79 Å². The van der Waals surface area contributed by atoms with Crippen molar-refractivity contribution in [2.75, 3.05) is 11.1 Å². The molecule has 23 heavy (non-hydrogen) atoms. The van der Waals surface area contributed by atoms with E-state index >= 15 is 0 Å². The van der Waals surface area contributed by atoms with Crippen LogP contribution in [0.4, 0.5) is 5.69 Å². The summed E-state index contributed by atoms with van der Waals surface area (Å²) in [5.74, 6) is 0.187. The number of nitrogens with zero attached hydrogens (tertiary/aromatic N) is 3. The van der Waals surface area contributed by atoms with E-state index in [0.717, 1.165) is 26.5 Å². The molecule has 114 valence electrons. The zero-order valence-corrected chi connectivity index (χ0v) is 13.7. The van der Waals surface area contributed by atoms with Gasteiger partial charge in [0, 0.05) is 11.1 Å². The van der Waals surface area contributed by atoms with Crippen molar-refractivity contribution in [3.8, 4) is 6.07 Å². The first-order chi connectivity index (χ1) is 11.3. The zero-order valence-electron chi connectivity index (χ0n) is 12.0. The quantitative estimate of drug-likeness (QED) is 0.568. The fourth-order valence-corrected chi connectivity index (χ4v) is 3.59. The van der Waals surface area contributed by atoms with Crippen LogP contribution in [0.1, 0.15) is 5.56 Å².